The van der Waals surface area contributed by atoms with Crippen LogP contribution in [0.25, 0.3) is 16.6 Å². The molecular weight excluding hydrogens is 470 g/mol. The third kappa shape index (κ3) is 4.97. The van der Waals surface area contributed by atoms with Crippen LogP contribution >= 0.6 is 0 Å². The average molecular weight is 500 g/mol. The molecule has 0 atom stereocenters. The summed E-state index contributed by atoms with van der Waals surface area (Å²) < 4.78 is 27.6. The highest BCUT2D eigenvalue weighted by atomic mass is 32.2. The molecule has 0 saturated heterocycles. The minimum absolute atomic E-state index is 0.645. The first kappa shape index (κ1) is 24.0. The number of hydrogen-bond acceptors (Lipinski definition) is 4. The van der Waals surface area contributed by atoms with Crippen molar-refractivity contribution < 1.29 is 13.2 Å². The molecule has 3 aromatic carbocycles. The van der Waals surface area contributed by atoms with Gasteiger partial charge in [0.2, 0.25) is 10.0 Å². The topological polar surface area (TPSA) is 81.1 Å². The van der Waals surface area contributed by atoms with Crippen LogP contribution in [0.1, 0.15) is 47.0 Å². The van der Waals surface area contributed by atoms with Gasteiger partial charge in [-0.15, -0.1) is 0 Å². The SMILES string of the molecule is CCCc1nc2ccccc2n1Cc1ccc2c(c1)CCc1ccccc1C2=CC(=O)NS(C)(=O)=O. The van der Waals surface area contributed by atoms with Crippen LogP contribution in [0.15, 0.2) is 72.8 Å². The molecule has 1 aliphatic rings. The van der Waals surface area contributed by atoms with Crippen LogP contribution in [0.3, 0.4) is 0 Å². The second-order valence-corrected chi connectivity index (χ2v) is 11.0. The molecule has 0 spiro atoms. The Morgan fingerprint density at radius 2 is 1.72 bits per heavy atom. The van der Waals surface area contributed by atoms with Crippen molar-refractivity contribution in [2.24, 2.45) is 0 Å². The van der Waals surface area contributed by atoms with E-state index >= 15 is 0 Å². The number of sulfonamides is 1. The van der Waals surface area contributed by atoms with Gasteiger partial charge in [-0.25, -0.2) is 18.1 Å². The summed E-state index contributed by atoms with van der Waals surface area (Å²) in [7, 11) is -3.65. The monoisotopic (exact) mass is 499 g/mol. The lowest BCUT2D eigenvalue weighted by atomic mass is 9.92. The van der Waals surface area contributed by atoms with Crippen LogP contribution in [0.4, 0.5) is 0 Å². The van der Waals surface area contributed by atoms with Gasteiger partial charge in [0.05, 0.1) is 17.3 Å². The van der Waals surface area contributed by atoms with E-state index in [0.717, 1.165) is 76.6 Å². The molecule has 0 radical (unpaired) electrons. The first-order chi connectivity index (χ1) is 17.3. The Labute approximate surface area is 211 Å². The second kappa shape index (κ2) is 9.74. The summed E-state index contributed by atoms with van der Waals surface area (Å²) >= 11 is 0. The number of fused-ring (bicyclic) bond motifs is 3. The third-order valence-electron chi connectivity index (χ3n) is 6.54. The number of carbonyl (C=O) groups excluding carboxylic acids is 1. The van der Waals surface area contributed by atoms with Gasteiger partial charge in [0.15, 0.2) is 0 Å². The van der Waals surface area contributed by atoms with Crippen LogP contribution in [0.2, 0.25) is 0 Å². The van der Waals surface area contributed by atoms with Gasteiger partial charge in [-0.2, -0.15) is 0 Å². The smallest absolute Gasteiger partial charge is 0.258 e. The van der Waals surface area contributed by atoms with Crippen molar-refractivity contribution in [3.8, 4) is 0 Å². The van der Waals surface area contributed by atoms with Gasteiger partial charge in [0.25, 0.3) is 5.91 Å². The first-order valence-corrected chi connectivity index (χ1v) is 14.1. The molecule has 0 bridgehead atoms. The van der Waals surface area contributed by atoms with Gasteiger partial charge in [0.1, 0.15) is 5.82 Å². The summed E-state index contributed by atoms with van der Waals surface area (Å²) in [5.41, 5.74) is 8.23. The molecule has 5 rings (SSSR count). The van der Waals surface area contributed by atoms with Gasteiger partial charge in [-0.1, -0.05) is 61.5 Å². The van der Waals surface area contributed by atoms with Crippen molar-refractivity contribution in [3.05, 3.63) is 106 Å². The van der Waals surface area contributed by atoms with Crippen LogP contribution in [-0.4, -0.2) is 30.1 Å². The number of aryl methyl sites for hydroxylation is 3. The van der Waals surface area contributed by atoms with Gasteiger partial charge >= 0.3 is 0 Å². The summed E-state index contributed by atoms with van der Waals surface area (Å²) in [5.74, 6) is 0.437. The number of carbonyl (C=O) groups is 1. The Morgan fingerprint density at radius 1 is 1.00 bits per heavy atom. The van der Waals surface area contributed by atoms with E-state index in [4.69, 9.17) is 4.98 Å². The number of benzene rings is 3. The maximum absolute atomic E-state index is 12.6. The third-order valence-corrected chi connectivity index (χ3v) is 7.11. The zero-order valence-electron chi connectivity index (χ0n) is 20.5. The lowest BCUT2D eigenvalue weighted by Gasteiger charge is -2.15. The highest BCUT2D eigenvalue weighted by Gasteiger charge is 2.20. The second-order valence-electron chi connectivity index (χ2n) is 9.30. The molecular formula is C29H29N3O3S. The van der Waals surface area contributed by atoms with Crippen LogP contribution in [-0.2, 0) is 40.6 Å². The fourth-order valence-corrected chi connectivity index (χ4v) is 5.45. The van der Waals surface area contributed by atoms with Crippen molar-refractivity contribution >= 4 is 32.5 Å². The fourth-order valence-electron chi connectivity index (χ4n) is 5.03. The summed E-state index contributed by atoms with van der Waals surface area (Å²) in [5, 5.41) is 0. The molecule has 6 nitrogen and oxygen atoms in total. The maximum Gasteiger partial charge on any atom is 0.258 e. The van der Waals surface area contributed by atoms with E-state index in [0.29, 0.717) is 6.54 Å². The standard InChI is InChI=1S/C29H29N3O3S/c1-3-8-28-30-26-11-6-7-12-27(26)32(28)19-20-13-16-24-22(17-20)15-14-21-9-4-5-10-23(21)25(24)18-29(33)31-36(2,34)35/h4-7,9-13,16-18H,3,8,14-15,19H2,1-2H3,(H,31,33). The largest absolute Gasteiger partial charge is 0.323 e. The first-order valence-electron chi connectivity index (χ1n) is 12.2. The molecule has 1 amide bonds. The van der Waals surface area contributed by atoms with Gasteiger partial charge in [0, 0.05) is 19.0 Å². The lowest BCUT2D eigenvalue weighted by Crippen LogP contribution is -2.27. The van der Waals surface area contributed by atoms with E-state index < -0.39 is 15.9 Å². The number of hydrogen-bond donors (Lipinski definition) is 1. The Hall–Kier alpha value is -3.71. The molecule has 36 heavy (non-hydrogen) atoms. The Bertz CT molecular complexity index is 1600. The number of para-hydroxylation sites is 2. The van der Waals surface area contributed by atoms with Crippen molar-refractivity contribution in [2.75, 3.05) is 6.26 Å². The van der Waals surface area contributed by atoms with Crippen molar-refractivity contribution in [1.29, 1.82) is 0 Å². The summed E-state index contributed by atoms with van der Waals surface area (Å²) in [4.78, 5) is 17.4. The zero-order valence-corrected chi connectivity index (χ0v) is 21.3. The molecule has 1 N–H and O–H groups in total. The number of aromatic nitrogens is 2. The Kier molecular flexibility index (Phi) is 6.49. The molecule has 0 aliphatic heterocycles. The van der Waals surface area contributed by atoms with Crippen LogP contribution in [0, 0.1) is 0 Å². The molecule has 1 heterocycles. The highest BCUT2D eigenvalue weighted by Crippen LogP contribution is 2.34. The molecule has 0 fully saturated rings. The van der Waals surface area contributed by atoms with E-state index in [1.165, 1.54) is 11.6 Å². The Morgan fingerprint density at radius 3 is 2.53 bits per heavy atom. The van der Waals surface area contributed by atoms with E-state index in [9.17, 15) is 13.2 Å². The average Bonchev–Trinajstić information content (AvgIpc) is 3.09. The minimum atomic E-state index is -3.65. The van der Waals surface area contributed by atoms with Gasteiger partial charge in [-0.3, -0.25) is 4.79 Å². The van der Waals surface area contributed by atoms with Crippen LogP contribution in [0.5, 0.6) is 0 Å². The predicted molar refractivity (Wildman–Crippen MR) is 143 cm³/mol. The lowest BCUT2D eigenvalue weighted by molar-refractivity contribution is -0.114. The van der Waals surface area contributed by atoms with E-state index in [-0.39, 0.29) is 0 Å². The molecule has 0 saturated carbocycles. The van der Waals surface area contributed by atoms with E-state index in [1.54, 1.807) is 0 Å². The molecule has 7 heteroatoms. The number of amides is 1. The summed E-state index contributed by atoms with van der Waals surface area (Å²) in [6, 6.07) is 22.6. The number of nitrogens with one attached hydrogen (secondary N) is 1. The van der Waals surface area contributed by atoms with Crippen molar-refractivity contribution in [1.82, 2.24) is 14.3 Å². The van der Waals surface area contributed by atoms with Crippen molar-refractivity contribution in [2.45, 2.75) is 39.2 Å². The minimum Gasteiger partial charge on any atom is -0.323 e. The quantitative estimate of drug-likeness (QED) is 0.392. The molecule has 1 aliphatic carbocycles. The summed E-state index contributed by atoms with van der Waals surface area (Å²) in [6.45, 7) is 2.88. The highest BCUT2D eigenvalue weighted by molar-refractivity contribution is 7.89. The molecule has 4 aromatic rings. The fraction of sp³-hybridized carbons (Fsp3) is 0.241. The predicted octanol–water partition coefficient (Wildman–Crippen LogP) is 4.64. The van der Waals surface area contributed by atoms with Crippen LogP contribution < -0.4 is 4.72 Å². The number of imidazole rings is 1. The zero-order chi connectivity index (χ0) is 25.3. The maximum atomic E-state index is 12.6. The normalized spacial score (nSPS) is 14.3. The Balaban J connectivity index is 1.57. The van der Waals surface area contributed by atoms with Gasteiger partial charge < -0.3 is 4.57 Å². The number of nitrogens with zero attached hydrogens (tertiary/aromatic N) is 2. The number of rotatable bonds is 6. The van der Waals surface area contributed by atoms with Crippen molar-refractivity contribution in [3.63, 3.8) is 0 Å². The summed E-state index contributed by atoms with van der Waals surface area (Å²) in [6.07, 6.45) is 6.00. The van der Waals surface area contributed by atoms with E-state index in [2.05, 4.69) is 52.6 Å². The molecule has 184 valence electrons. The molecule has 0 unspecified atom stereocenters. The molecule has 1 aromatic heterocycles. The van der Waals surface area contributed by atoms with E-state index in [1.807, 2.05) is 30.3 Å². The van der Waals surface area contributed by atoms with Gasteiger partial charge in [-0.05, 0) is 64.8 Å².